The number of carbonyl (C=O) groups is 1. The van der Waals surface area contributed by atoms with Crippen LogP contribution in [0.2, 0.25) is 0 Å². The van der Waals surface area contributed by atoms with Crippen molar-refractivity contribution in [3.05, 3.63) is 82.5 Å². The average molecular weight is 451 g/mol. The average Bonchev–Trinajstić information content (AvgIpc) is 2.80. The Balaban J connectivity index is 0.00000289. The molecule has 1 aromatic heterocycles. The topological polar surface area (TPSA) is 71.3 Å². The lowest BCUT2D eigenvalue weighted by atomic mass is 10.0. The monoisotopic (exact) mass is 450 g/mol. The second-order valence-electron chi connectivity index (χ2n) is 7.60. The van der Waals surface area contributed by atoms with Crippen LogP contribution in [-0.2, 0) is 11.3 Å². The van der Waals surface area contributed by atoms with Crippen LogP contribution in [0.3, 0.4) is 0 Å². The molecule has 5 nitrogen and oxygen atoms in total. The molecule has 6 heteroatoms. The van der Waals surface area contributed by atoms with Gasteiger partial charge in [0.25, 0.3) is 0 Å². The van der Waals surface area contributed by atoms with Crippen molar-refractivity contribution in [3.8, 4) is 11.3 Å². The van der Waals surface area contributed by atoms with Crippen molar-refractivity contribution in [2.24, 2.45) is 0 Å². The van der Waals surface area contributed by atoms with Crippen LogP contribution in [0.15, 0.2) is 75.9 Å². The van der Waals surface area contributed by atoms with Crippen LogP contribution >= 0.6 is 12.4 Å². The first-order valence-corrected chi connectivity index (χ1v) is 10.7. The molecule has 0 saturated heterocycles. The van der Waals surface area contributed by atoms with Crippen molar-refractivity contribution in [1.29, 1.82) is 0 Å². The highest BCUT2D eigenvalue weighted by molar-refractivity contribution is 5.96. The van der Waals surface area contributed by atoms with Crippen molar-refractivity contribution >= 4 is 40.1 Å². The van der Waals surface area contributed by atoms with Crippen LogP contribution in [-0.4, -0.2) is 19.0 Å². The number of carbonyl (C=O) groups excluding carboxylic acids is 1. The largest absolute Gasteiger partial charge is 0.455 e. The van der Waals surface area contributed by atoms with Crippen molar-refractivity contribution in [2.45, 2.75) is 26.3 Å². The zero-order chi connectivity index (χ0) is 21.6. The highest BCUT2D eigenvalue weighted by atomic mass is 35.5. The van der Waals surface area contributed by atoms with Crippen LogP contribution in [0.5, 0.6) is 0 Å². The number of hydrogen-bond donors (Lipinski definition) is 2. The summed E-state index contributed by atoms with van der Waals surface area (Å²) in [6.45, 7) is 3.51. The fourth-order valence-corrected chi connectivity index (χ4v) is 3.71. The van der Waals surface area contributed by atoms with E-state index in [2.05, 4.69) is 17.6 Å². The van der Waals surface area contributed by atoms with Gasteiger partial charge >= 0.3 is 0 Å². The predicted molar refractivity (Wildman–Crippen MR) is 132 cm³/mol. The van der Waals surface area contributed by atoms with E-state index < -0.39 is 0 Å². The summed E-state index contributed by atoms with van der Waals surface area (Å²) in [7, 11) is 0. The third-order valence-corrected chi connectivity index (χ3v) is 5.36. The molecule has 0 aliphatic carbocycles. The van der Waals surface area contributed by atoms with E-state index >= 15 is 0 Å². The molecule has 0 radical (unpaired) electrons. The van der Waals surface area contributed by atoms with Crippen molar-refractivity contribution < 1.29 is 9.21 Å². The number of unbranched alkanes of at least 4 members (excludes halogenated alkanes) is 1. The number of para-hydroxylation sites is 1. The van der Waals surface area contributed by atoms with Crippen LogP contribution < -0.4 is 16.1 Å². The summed E-state index contributed by atoms with van der Waals surface area (Å²) in [4.78, 5) is 25.0. The summed E-state index contributed by atoms with van der Waals surface area (Å²) in [6, 6.07) is 21.0. The van der Waals surface area contributed by atoms with Gasteiger partial charge in [-0.15, -0.1) is 12.4 Å². The Labute approximate surface area is 193 Å². The third-order valence-electron chi connectivity index (χ3n) is 5.36. The number of amides is 1. The van der Waals surface area contributed by atoms with Crippen LogP contribution in [0.1, 0.15) is 25.3 Å². The molecule has 0 spiro atoms. The maximum Gasteiger partial charge on any atom is 0.234 e. The minimum absolute atomic E-state index is 0. The first-order valence-electron chi connectivity index (χ1n) is 10.7. The molecule has 0 saturated carbocycles. The molecule has 0 bridgehead atoms. The van der Waals surface area contributed by atoms with Crippen LogP contribution in [0.25, 0.3) is 33.1 Å². The molecular weight excluding hydrogens is 424 g/mol. The number of nitrogens with one attached hydrogen (secondary N) is 2. The molecule has 1 heterocycles. The van der Waals surface area contributed by atoms with Gasteiger partial charge in [0.05, 0.1) is 11.9 Å². The summed E-state index contributed by atoms with van der Waals surface area (Å²) < 4.78 is 6.25. The van der Waals surface area contributed by atoms with Crippen molar-refractivity contribution in [1.82, 2.24) is 10.6 Å². The quantitative estimate of drug-likeness (QED) is 0.369. The summed E-state index contributed by atoms with van der Waals surface area (Å²) in [5, 5.41) is 8.66. The molecule has 0 aliphatic heterocycles. The van der Waals surface area contributed by atoms with E-state index in [-0.39, 0.29) is 30.3 Å². The third kappa shape index (κ3) is 5.18. The molecule has 0 aliphatic rings. The van der Waals surface area contributed by atoms with Crippen LogP contribution in [0.4, 0.5) is 0 Å². The van der Waals surface area contributed by atoms with E-state index in [4.69, 9.17) is 4.42 Å². The molecule has 32 heavy (non-hydrogen) atoms. The first kappa shape index (κ1) is 23.5. The normalized spacial score (nSPS) is 10.8. The fourth-order valence-electron chi connectivity index (χ4n) is 3.71. The number of rotatable bonds is 8. The van der Waals surface area contributed by atoms with E-state index in [0.29, 0.717) is 23.3 Å². The summed E-state index contributed by atoms with van der Waals surface area (Å²) >= 11 is 0. The zero-order valence-electron chi connectivity index (χ0n) is 18.0. The molecule has 3 aromatic carbocycles. The Hall–Kier alpha value is -3.15. The Morgan fingerprint density at radius 3 is 2.56 bits per heavy atom. The maximum atomic E-state index is 12.8. The second-order valence-corrected chi connectivity index (χ2v) is 7.60. The lowest BCUT2D eigenvalue weighted by molar-refractivity contribution is -0.120. The lowest BCUT2D eigenvalue weighted by Crippen LogP contribution is -2.33. The van der Waals surface area contributed by atoms with Gasteiger partial charge in [-0.05, 0) is 29.8 Å². The maximum absolute atomic E-state index is 12.8. The van der Waals surface area contributed by atoms with Gasteiger partial charge in [0, 0.05) is 23.7 Å². The molecule has 2 N–H and O–H groups in total. The van der Waals surface area contributed by atoms with Crippen LogP contribution in [0, 0.1) is 0 Å². The van der Waals surface area contributed by atoms with Crippen molar-refractivity contribution in [2.75, 3.05) is 13.1 Å². The standard InChI is InChI=1S/C26H26N2O3.ClH/c1-2-3-14-27-17-25(30)28-16-19-10-7-13-22-23(29)15-24(31-26(19)22)21-12-6-9-18-8-4-5-11-20(18)21;/h4-13,15,27H,2-3,14,16-17H2,1H3,(H,28,30);1H. The van der Waals surface area contributed by atoms with E-state index in [1.54, 1.807) is 12.1 Å². The Bertz CT molecular complexity index is 1280. The molecule has 4 rings (SSSR count). The predicted octanol–water partition coefficient (Wildman–Crippen LogP) is 5.04. The molecular formula is C26H27ClN2O3. The Morgan fingerprint density at radius 2 is 1.72 bits per heavy atom. The van der Waals surface area contributed by atoms with E-state index in [9.17, 15) is 9.59 Å². The van der Waals surface area contributed by atoms with E-state index in [0.717, 1.165) is 41.3 Å². The van der Waals surface area contributed by atoms with Gasteiger partial charge in [-0.1, -0.05) is 67.9 Å². The molecule has 166 valence electrons. The second kappa shape index (κ2) is 10.9. The zero-order valence-corrected chi connectivity index (χ0v) is 18.8. The Kier molecular flexibility index (Phi) is 8.03. The summed E-state index contributed by atoms with van der Waals surface area (Å²) in [5.41, 5.74) is 2.06. The van der Waals surface area contributed by atoms with Gasteiger partial charge in [-0.25, -0.2) is 0 Å². The lowest BCUT2D eigenvalue weighted by Gasteiger charge is -2.11. The van der Waals surface area contributed by atoms with E-state index in [1.807, 2.05) is 54.6 Å². The molecule has 0 atom stereocenters. The number of halogens is 1. The smallest absolute Gasteiger partial charge is 0.234 e. The highest BCUT2D eigenvalue weighted by Gasteiger charge is 2.13. The van der Waals surface area contributed by atoms with Gasteiger partial charge in [-0.2, -0.15) is 0 Å². The number of fused-ring (bicyclic) bond motifs is 2. The molecule has 4 aromatic rings. The summed E-state index contributed by atoms with van der Waals surface area (Å²) in [5.74, 6) is 0.440. The SMILES string of the molecule is CCCCNCC(=O)NCc1cccc2c(=O)cc(-c3cccc4ccccc34)oc12.Cl. The number of benzene rings is 3. The van der Waals surface area contributed by atoms with Gasteiger partial charge < -0.3 is 15.1 Å². The van der Waals surface area contributed by atoms with Gasteiger partial charge in [0.1, 0.15) is 11.3 Å². The van der Waals surface area contributed by atoms with Gasteiger partial charge in [-0.3, -0.25) is 9.59 Å². The Morgan fingerprint density at radius 1 is 0.969 bits per heavy atom. The molecule has 0 unspecified atom stereocenters. The van der Waals surface area contributed by atoms with Gasteiger partial charge in [0.2, 0.25) is 5.91 Å². The molecule has 0 fully saturated rings. The fraction of sp³-hybridized carbons (Fsp3) is 0.231. The first-order chi connectivity index (χ1) is 15.2. The summed E-state index contributed by atoms with van der Waals surface area (Å²) in [6.07, 6.45) is 2.13. The van der Waals surface area contributed by atoms with E-state index in [1.165, 1.54) is 0 Å². The minimum atomic E-state index is -0.0985. The number of hydrogen-bond acceptors (Lipinski definition) is 4. The molecule has 1 amide bonds. The highest BCUT2D eigenvalue weighted by Crippen LogP contribution is 2.30. The van der Waals surface area contributed by atoms with Gasteiger partial charge in [0.15, 0.2) is 5.43 Å². The minimum Gasteiger partial charge on any atom is -0.455 e. The van der Waals surface area contributed by atoms with Crippen molar-refractivity contribution in [3.63, 3.8) is 0 Å².